The van der Waals surface area contributed by atoms with Gasteiger partial charge in [-0.2, -0.15) is 0 Å². The van der Waals surface area contributed by atoms with E-state index in [0.717, 1.165) is 12.0 Å². The number of rotatable bonds is 2. The fraction of sp³-hybridized carbons (Fsp3) is 0.300. The second kappa shape index (κ2) is 5.20. The molecule has 2 nitrogen and oxygen atoms in total. The van der Waals surface area contributed by atoms with Gasteiger partial charge in [0.1, 0.15) is 0 Å². The second-order valence-corrected chi connectivity index (χ2v) is 6.40. The molecule has 0 unspecified atom stereocenters. The number of hydrogen-bond acceptors (Lipinski definition) is 2. The Morgan fingerprint density at radius 3 is 2.14 bits per heavy atom. The topological polar surface area (TPSA) is 34.1 Å². The first kappa shape index (κ1) is 13.4. The normalized spacial score (nSPS) is 17.5. The molecule has 4 rings (SSSR count). The van der Waals surface area contributed by atoms with E-state index in [2.05, 4.69) is 0 Å². The Morgan fingerprint density at radius 1 is 0.773 bits per heavy atom. The van der Waals surface area contributed by atoms with Gasteiger partial charge < -0.3 is 0 Å². The van der Waals surface area contributed by atoms with E-state index < -0.39 is 0 Å². The molecular weight excluding hydrogens is 272 g/mol. The van der Waals surface area contributed by atoms with E-state index in [1.54, 1.807) is 18.2 Å². The summed E-state index contributed by atoms with van der Waals surface area (Å²) in [5.41, 5.74) is 3.38. The van der Waals surface area contributed by atoms with Gasteiger partial charge in [0.05, 0.1) is 0 Å². The summed E-state index contributed by atoms with van der Waals surface area (Å²) in [6.45, 7) is 0. The van der Waals surface area contributed by atoms with Gasteiger partial charge in [-0.05, 0) is 17.9 Å². The average molecular weight is 290 g/mol. The molecule has 1 fully saturated rings. The molecule has 22 heavy (non-hydrogen) atoms. The van der Waals surface area contributed by atoms with Crippen LogP contribution in [0.25, 0.3) is 0 Å². The molecule has 0 spiro atoms. The van der Waals surface area contributed by atoms with E-state index in [4.69, 9.17) is 0 Å². The van der Waals surface area contributed by atoms with E-state index in [0.29, 0.717) is 28.2 Å². The maximum absolute atomic E-state index is 12.9. The van der Waals surface area contributed by atoms with Gasteiger partial charge >= 0.3 is 0 Å². The third-order valence-electron chi connectivity index (χ3n) is 5.02. The van der Waals surface area contributed by atoms with Crippen molar-refractivity contribution >= 4 is 11.6 Å². The van der Waals surface area contributed by atoms with E-state index in [9.17, 15) is 9.59 Å². The number of carbonyl (C=O) groups excluding carboxylic acids is 2. The van der Waals surface area contributed by atoms with Crippen molar-refractivity contribution in [2.45, 2.75) is 32.1 Å². The van der Waals surface area contributed by atoms with Crippen LogP contribution in [-0.2, 0) is 6.42 Å². The lowest BCUT2D eigenvalue weighted by Gasteiger charge is -2.21. The molecule has 2 aliphatic carbocycles. The predicted octanol–water partition coefficient (Wildman–Crippen LogP) is 4.19. The van der Waals surface area contributed by atoms with Crippen LogP contribution in [-0.4, -0.2) is 11.6 Å². The van der Waals surface area contributed by atoms with Crippen molar-refractivity contribution in [3.05, 3.63) is 70.3 Å². The van der Waals surface area contributed by atoms with Gasteiger partial charge in [0.15, 0.2) is 11.6 Å². The molecule has 0 aliphatic heterocycles. The maximum Gasteiger partial charge on any atom is 0.194 e. The maximum atomic E-state index is 12.9. The summed E-state index contributed by atoms with van der Waals surface area (Å²) in [4.78, 5) is 25.6. The van der Waals surface area contributed by atoms with Crippen molar-refractivity contribution in [3.8, 4) is 0 Å². The summed E-state index contributed by atoms with van der Waals surface area (Å²) in [5, 5.41) is 0. The molecule has 0 radical (unpaired) electrons. The van der Waals surface area contributed by atoms with Gasteiger partial charge in [-0.3, -0.25) is 9.59 Å². The average Bonchev–Trinajstić information content (AvgIpc) is 3.05. The summed E-state index contributed by atoms with van der Waals surface area (Å²) in [7, 11) is 0. The molecule has 2 aromatic rings. The highest BCUT2D eigenvalue weighted by Crippen LogP contribution is 2.33. The Morgan fingerprint density at radius 2 is 1.41 bits per heavy atom. The molecule has 2 heteroatoms. The quantitative estimate of drug-likeness (QED) is 0.709. The molecule has 1 saturated carbocycles. The molecule has 0 saturated heterocycles. The van der Waals surface area contributed by atoms with Crippen molar-refractivity contribution in [3.63, 3.8) is 0 Å². The van der Waals surface area contributed by atoms with Crippen molar-refractivity contribution in [1.82, 2.24) is 0 Å². The van der Waals surface area contributed by atoms with Crippen LogP contribution in [0.4, 0.5) is 0 Å². The minimum absolute atomic E-state index is 0.0128. The SMILES string of the molecule is O=C1c2ccccc2C(=O)c2c(CC3CCCC3)cccc21. The first-order chi connectivity index (χ1) is 10.8. The Kier molecular flexibility index (Phi) is 3.18. The first-order valence-electron chi connectivity index (χ1n) is 8.06. The number of hydrogen-bond donors (Lipinski definition) is 0. The highest BCUT2D eigenvalue weighted by molar-refractivity contribution is 6.28. The van der Waals surface area contributed by atoms with Gasteiger partial charge in [-0.25, -0.2) is 0 Å². The molecule has 0 amide bonds. The van der Waals surface area contributed by atoms with Crippen LogP contribution < -0.4 is 0 Å². The fourth-order valence-electron chi connectivity index (χ4n) is 3.91. The highest BCUT2D eigenvalue weighted by atomic mass is 16.1. The van der Waals surface area contributed by atoms with Crippen molar-refractivity contribution in [1.29, 1.82) is 0 Å². The zero-order chi connectivity index (χ0) is 15.1. The molecular formula is C20H18O2. The highest BCUT2D eigenvalue weighted by Gasteiger charge is 2.31. The zero-order valence-corrected chi connectivity index (χ0v) is 12.5. The summed E-state index contributed by atoms with van der Waals surface area (Å²) in [6.07, 6.45) is 5.97. The van der Waals surface area contributed by atoms with Crippen LogP contribution in [0, 0.1) is 5.92 Å². The third kappa shape index (κ3) is 2.02. The molecule has 0 atom stereocenters. The number of benzene rings is 2. The molecule has 0 aromatic heterocycles. The first-order valence-corrected chi connectivity index (χ1v) is 8.06. The van der Waals surface area contributed by atoms with E-state index >= 15 is 0 Å². The summed E-state index contributed by atoms with van der Waals surface area (Å²) < 4.78 is 0. The summed E-state index contributed by atoms with van der Waals surface area (Å²) >= 11 is 0. The van der Waals surface area contributed by atoms with Crippen LogP contribution in [0.3, 0.4) is 0 Å². The van der Waals surface area contributed by atoms with Crippen LogP contribution in [0.1, 0.15) is 63.1 Å². The van der Waals surface area contributed by atoms with Crippen LogP contribution >= 0.6 is 0 Å². The van der Waals surface area contributed by atoms with Crippen LogP contribution in [0.15, 0.2) is 42.5 Å². The van der Waals surface area contributed by atoms with Gasteiger partial charge in [-0.15, -0.1) is 0 Å². The lowest BCUT2D eigenvalue weighted by molar-refractivity contribution is 0.0978. The predicted molar refractivity (Wildman–Crippen MR) is 85.4 cm³/mol. The van der Waals surface area contributed by atoms with Crippen molar-refractivity contribution in [2.75, 3.05) is 0 Å². The lowest BCUT2D eigenvalue weighted by Crippen LogP contribution is -2.23. The molecule has 2 aromatic carbocycles. The van der Waals surface area contributed by atoms with Crippen molar-refractivity contribution < 1.29 is 9.59 Å². The lowest BCUT2D eigenvalue weighted by atomic mass is 9.80. The largest absolute Gasteiger partial charge is 0.289 e. The third-order valence-corrected chi connectivity index (χ3v) is 5.02. The molecule has 0 N–H and O–H groups in total. The Hall–Kier alpha value is -2.22. The number of carbonyl (C=O) groups is 2. The van der Waals surface area contributed by atoms with Crippen LogP contribution in [0.5, 0.6) is 0 Å². The number of fused-ring (bicyclic) bond motifs is 2. The monoisotopic (exact) mass is 290 g/mol. The van der Waals surface area contributed by atoms with E-state index in [1.807, 2.05) is 24.3 Å². The van der Waals surface area contributed by atoms with Crippen LogP contribution in [0.2, 0.25) is 0 Å². The standard InChI is InChI=1S/C20H18O2/c21-19-15-9-3-4-10-16(15)20(22)18-14(8-5-11-17(18)19)12-13-6-1-2-7-13/h3-5,8-11,13H,1-2,6-7,12H2. The second-order valence-electron chi connectivity index (χ2n) is 6.40. The summed E-state index contributed by atoms with van der Waals surface area (Å²) in [6, 6.07) is 12.9. The Balaban J connectivity index is 1.82. The van der Waals surface area contributed by atoms with Gasteiger partial charge in [0.25, 0.3) is 0 Å². The van der Waals surface area contributed by atoms with E-state index in [-0.39, 0.29) is 11.6 Å². The Labute approximate surface area is 130 Å². The van der Waals surface area contributed by atoms with Gasteiger partial charge in [-0.1, -0.05) is 68.1 Å². The minimum Gasteiger partial charge on any atom is -0.289 e. The summed E-state index contributed by atoms with van der Waals surface area (Å²) in [5.74, 6) is 0.656. The van der Waals surface area contributed by atoms with Gasteiger partial charge in [0, 0.05) is 22.3 Å². The molecule has 2 aliphatic rings. The molecule has 0 heterocycles. The zero-order valence-electron chi connectivity index (χ0n) is 12.5. The van der Waals surface area contributed by atoms with Crippen molar-refractivity contribution in [2.24, 2.45) is 5.92 Å². The fourth-order valence-corrected chi connectivity index (χ4v) is 3.91. The van der Waals surface area contributed by atoms with E-state index in [1.165, 1.54) is 25.7 Å². The van der Waals surface area contributed by atoms with Gasteiger partial charge in [0.2, 0.25) is 0 Å². The molecule has 0 bridgehead atoms. The minimum atomic E-state index is -0.0153. The Bertz CT molecular complexity index is 767. The smallest absolute Gasteiger partial charge is 0.194 e. The number of ketones is 2. The molecule has 110 valence electrons.